The molecule has 1 heteroatoms. The van der Waals surface area contributed by atoms with Crippen molar-refractivity contribution in [2.75, 3.05) is 0 Å². The molecule has 0 saturated carbocycles. The summed E-state index contributed by atoms with van der Waals surface area (Å²) >= 11 is 0. The highest BCUT2D eigenvalue weighted by Crippen LogP contribution is 2.20. The van der Waals surface area contributed by atoms with Crippen molar-refractivity contribution < 1.29 is 0 Å². The molecular formula is C13H19B. The van der Waals surface area contributed by atoms with Gasteiger partial charge in [-0.3, -0.25) is 0 Å². The van der Waals surface area contributed by atoms with Crippen LogP contribution < -0.4 is 5.46 Å². The van der Waals surface area contributed by atoms with Crippen LogP contribution in [-0.4, -0.2) is 6.71 Å². The monoisotopic (exact) mass is 186 g/mol. The van der Waals surface area contributed by atoms with E-state index in [0.717, 1.165) is 6.71 Å². The SMILES string of the molecule is CC(C)c1ccc(B2CCCC2)cc1. The van der Waals surface area contributed by atoms with Crippen LogP contribution in [0.3, 0.4) is 0 Å². The highest BCUT2D eigenvalue weighted by Gasteiger charge is 2.20. The molecule has 0 amide bonds. The predicted molar refractivity (Wildman–Crippen MR) is 64.8 cm³/mol. The van der Waals surface area contributed by atoms with Gasteiger partial charge in [-0.15, -0.1) is 0 Å². The molecule has 0 aromatic heterocycles. The van der Waals surface area contributed by atoms with Crippen LogP contribution in [0, 0.1) is 0 Å². The summed E-state index contributed by atoms with van der Waals surface area (Å²) in [5, 5.41) is 0. The topological polar surface area (TPSA) is 0 Å². The smallest absolute Gasteiger partial charge is 0.0800 e. The average molecular weight is 186 g/mol. The van der Waals surface area contributed by atoms with Gasteiger partial charge in [-0.25, -0.2) is 0 Å². The minimum absolute atomic E-state index is 0.660. The van der Waals surface area contributed by atoms with E-state index in [0.29, 0.717) is 5.92 Å². The van der Waals surface area contributed by atoms with Crippen molar-refractivity contribution in [1.29, 1.82) is 0 Å². The molecule has 1 aliphatic rings. The van der Waals surface area contributed by atoms with Crippen molar-refractivity contribution in [3.8, 4) is 0 Å². The van der Waals surface area contributed by atoms with E-state index in [1.165, 1.54) is 31.0 Å². The van der Waals surface area contributed by atoms with Gasteiger partial charge in [-0.1, -0.05) is 69.1 Å². The first-order valence-electron chi connectivity index (χ1n) is 5.87. The van der Waals surface area contributed by atoms with Crippen LogP contribution in [0.1, 0.15) is 38.2 Å². The minimum Gasteiger partial charge on any atom is -0.0800 e. The third-order valence-corrected chi connectivity index (χ3v) is 3.43. The summed E-state index contributed by atoms with van der Waals surface area (Å²) in [7, 11) is 0. The lowest BCUT2D eigenvalue weighted by molar-refractivity contribution is 0.867. The number of hydrogen-bond acceptors (Lipinski definition) is 0. The second kappa shape index (κ2) is 4.21. The summed E-state index contributed by atoms with van der Waals surface area (Å²) in [6, 6.07) is 9.28. The molecule has 0 N–H and O–H groups in total. The van der Waals surface area contributed by atoms with E-state index in [1.807, 2.05) is 0 Å². The van der Waals surface area contributed by atoms with Crippen LogP contribution in [0.15, 0.2) is 24.3 Å². The molecule has 1 heterocycles. The van der Waals surface area contributed by atoms with E-state index in [4.69, 9.17) is 0 Å². The van der Waals surface area contributed by atoms with E-state index in [-0.39, 0.29) is 0 Å². The van der Waals surface area contributed by atoms with Crippen LogP contribution in [0.5, 0.6) is 0 Å². The summed E-state index contributed by atoms with van der Waals surface area (Å²) < 4.78 is 0. The van der Waals surface area contributed by atoms with Gasteiger partial charge in [0, 0.05) is 0 Å². The van der Waals surface area contributed by atoms with Crippen LogP contribution in [-0.2, 0) is 0 Å². The standard InChI is InChI=1S/C13H19B/c1-11(2)12-5-7-13(8-6-12)14-9-3-4-10-14/h5-8,11H,3-4,9-10H2,1-2H3. The molecule has 1 fully saturated rings. The van der Waals surface area contributed by atoms with Crippen molar-refractivity contribution in [2.45, 2.75) is 45.2 Å². The van der Waals surface area contributed by atoms with E-state index < -0.39 is 0 Å². The average Bonchev–Trinajstić information content (AvgIpc) is 2.71. The van der Waals surface area contributed by atoms with Crippen molar-refractivity contribution in [2.24, 2.45) is 0 Å². The molecule has 0 radical (unpaired) electrons. The van der Waals surface area contributed by atoms with E-state index in [2.05, 4.69) is 38.1 Å². The maximum Gasteiger partial charge on any atom is 0.175 e. The molecule has 0 atom stereocenters. The largest absolute Gasteiger partial charge is 0.175 e. The maximum absolute atomic E-state index is 2.34. The Morgan fingerprint density at radius 2 is 1.57 bits per heavy atom. The molecule has 2 rings (SSSR count). The first-order chi connectivity index (χ1) is 6.77. The summed E-state index contributed by atoms with van der Waals surface area (Å²) in [6.45, 7) is 5.37. The van der Waals surface area contributed by atoms with Gasteiger partial charge in [0.25, 0.3) is 0 Å². The van der Waals surface area contributed by atoms with Crippen molar-refractivity contribution in [1.82, 2.24) is 0 Å². The molecule has 1 aliphatic heterocycles. The fraction of sp³-hybridized carbons (Fsp3) is 0.538. The normalized spacial score (nSPS) is 16.6. The zero-order valence-corrected chi connectivity index (χ0v) is 9.29. The first kappa shape index (κ1) is 9.83. The van der Waals surface area contributed by atoms with Gasteiger partial charge in [0.2, 0.25) is 0 Å². The van der Waals surface area contributed by atoms with Gasteiger partial charge in [0.05, 0.1) is 0 Å². The minimum atomic E-state index is 0.660. The molecule has 1 aromatic rings. The van der Waals surface area contributed by atoms with Crippen molar-refractivity contribution in [3.05, 3.63) is 29.8 Å². The molecule has 14 heavy (non-hydrogen) atoms. The maximum atomic E-state index is 2.34. The molecule has 0 bridgehead atoms. The van der Waals surface area contributed by atoms with Gasteiger partial charge in [0.15, 0.2) is 6.71 Å². The summed E-state index contributed by atoms with van der Waals surface area (Å²) in [4.78, 5) is 0. The van der Waals surface area contributed by atoms with Gasteiger partial charge < -0.3 is 0 Å². The lowest BCUT2D eigenvalue weighted by Crippen LogP contribution is -2.25. The lowest BCUT2D eigenvalue weighted by atomic mass is 9.44. The molecule has 74 valence electrons. The Bertz CT molecular complexity index is 281. The fourth-order valence-electron chi connectivity index (χ4n) is 2.41. The van der Waals surface area contributed by atoms with E-state index in [9.17, 15) is 0 Å². The Kier molecular flexibility index (Phi) is 2.95. The van der Waals surface area contributed by atoms with Crippen molar-refractivity contribution in [3.63, 3.8) is 0 Å². The Morgan fingerprint density at radius 3 is 2.07 bits per heavy atom. The van der Waals surface area contributed by atoms with Gasteiger partial charge in [0.1, 0.15) is 0 Å². The third-order valence-electron chi connectivity index (χ3n) is 3.43. The molecule has 1 aromatic carbocycles. The van der Waals surface area contributed by atoms with E-state index in [1.54, 1.807) is 5.46 Å². The quantitative estimate of drug-likeness (QED) is 0.621. The number of benzene rings is 1. The molecule has 0 spiro atoms. The second-order valence-electron chi connectivity index (χ2n) is 4.80. The highest BCUT2D eigenvalue weighted by molar-refractivity contribution is 6.73. The van der Waals surface area contributed by atoms with Crippen LogP contribution in [0.25, 0.3) is 0 Å². The summed E-state index contributed by atoms with van der Waals surface area (Å²) in [5.41, 5.74) is 3.03. The number of rotatable bonds is 2. The Hall–Kier alpha value is -0.715. The summed E-state index contributed by atoms with van der Waals surface area (Å²) in [5.74, 6) is 0.660. The lowest BCUT2D eigenvalue weighted by Gasteiger charge is -2.09. The highest BCUT2D eigenvalue weighted by atomic mass is 14.0. The zero-order chi connectivity index (χ0) is 9.97. The van der Waals surface area contributed by atoms with E-state index >= 15 is 0 Å². The van der Waals surface area contributed by atoms with Crippen molar-refractivity contribution >= 4 is 12.2 Å². The summed E-state index contributed by atoms with van der Waals surface area (Å²) in [6.07, 6.45) is 5.66. The predicted octanol–water partition coefficient (Wildman–Crippen LogP) is 3.31. The van der Waals surface area contributed by atoms with Gasteiger partial charge >= 0.3 is 0 Å². The van der Waals surface area contributed by atoms with Gasteiger partial charge in [-0.05, 0) is 11.5 Å². The molecule has 0 aliphatic carbocycles. The third kappa shape index (κ3) is 2.02. The molecule has 0 nitrogen and oxygen atoms in total. The van der Waals surface area contributed by atoms with Crippen LogP contribution >= 0.6 is 0 Å². The second-order valence-corrected chi connectivity index (χ2v) is 4.80. The molecular weight excluding hydrogens is 167 g/mol. The van der Waals surface area contributed by atoms with Crippen LogP contribution in [0.2, 0.25) is 12.6 Å². The molecule has 1 saturated heterocycles. The fourth-order valence-corrected chi connectivity index (χ4v) is 2.41. The zero-order valence-electron chi connectivity index (χ0n) is 9.29. The Morgan fingerprint density at radius 1 is 1.00 bits per heavy atom. The van der Waals surface area contributed by atoms with Crippen LogP contribution in [0.4, 0.5) is 0 Å². The number of hydrogen-bond donors (Lipinski definition) is 0. The van der Waals surface area contributed by atoms with Gasteiger partial charge in [-0.2, -0.15) is 0 Å². The molecule has 0 unspecified atom stereocenters. The first-order valence-corrected chi connectivity index (χ1v) is 5.87. The Balaban J connectivity index is 2.12. The Labute approximate surface area is 87.8 Å².